The van der Waals surface area contributed by atoms with Gasteiger partial charge in [0.25, 0.3) is 5.91 Å². The number of aromatic carboxylic acids is 1. The number of nitrogen functional groups attached to an aromatic ring is 1. The lowest BCUT2D eigenvalue weighted by molar-refractivity contribution is -0.122. The van der Waals surface area contributed by atoms with Gasteiger partial charge in [-0.05, 0) is 18.2 Å². The molecule has 0 radical (unpaired) electrons. The van der Waals surface area contributed by atoms with Crippen LogP contribution in [0.3, 0.4) is 0 Å². The van der Waals surface area contributed by atoms with Crippen LogP contribution in [0.2, 0.25) is 0 Å². The minimum Gasteiger partial charge on any atom is -0.482 e. The van der Waals surface area contributed by atoms with Gasteiger partial charge in [-0.1, -0.05) is 0 Å². The topological polar surface area (TPSA) is 125 Å². The van der Waals surface area contributed by atoms with Gasteiger partial charge in [0.05, 0.1) is 17.3 Å². The van der Waals surface area contributed by atoms with E-state index in [0.717, 1.165) is 0 Å². The summed E-state index contributed by atoms with van der Waals surface area (Å²) < 4.78 is 5.09. The summed E-state index contributed by atoms with van der Waals surface area (Å²) in [7, 11) is 0. The third kappa shape index (κ3) is 3.68. The zero-order chi connectivity index (χ0) is 13.5. The average Bonchev–Trinajstić information content (AvgIpc) is 2.34. The fourth-order valence-corrected chi connectivity index (χ4v) is 1.15. The van der Waals surface area contributed by atoms with E-state index < -0.39 is 11.9 Å². The van der Waals surface area contributed by atoms with Crippen molar-refractivity contribution >= 4 is 17.6 Å². The first-order chi connectivity index (χ1) is 8.54. The second-order valence-corrected chi connectivity index (χ2v) is 3.28. The molecule has 0 aliphatic carbocycles. The number of amides is 1. The normalized spacial score (nSPS) is 9.28. The minimum absolute atomic E-state index is 0.0359. The highest BCUT2D eigenvalue weighted by Gasteiger charge is 2.08. The maximum absolute atomic E-state index is 11.1. The summed E-state index contributed by atoms with van der Waals surface area (Å²) in [6, 6.07) is 5.68. The van der Waals surface area contributed by atoms with Crippen LogP contribution in [0.15, 0.2) is 18.2 Å². The van der Waals surface area contributed by atoms with Gasteiger partial charge in [-0.25, -0.2) is 4.79 Å². The van der Waals surface area contributed by atoms with E-state index in [9.17, 15) is 9.59 Å². The number of carboxylic acid groups (broad SMARTS) is 1. The predicted molar refractivity (Wildman–Crippen MR) is 61.9 cm³/mol. The molecule has 0 saturated heterocycles. The van der Waals surface area contributed by atoms with E-state index in [4.69, 9.17) is 20.8 Å². The van der Waals surface area contributed by atoms with Crippen molar-refractivity contribution in [1.29, 1.82) is 5.26 Å². The van der Waals surface area contributed by atoms with E-state index in [2.05, 4.69) is 5.32 Å². The van der Waals surface area contributed by atoms with Crippen LogP contribution >= 0.6 is 0 Å². The zero-order valence-electron chi connectivity index (χ0n) is 9.34. The molecule has 1 aromatic rings. The van der Waals surface area contributed by atoms with E-state index in [-0.39, 0.29) is 30.2 Å². The van der Waals surface area contributed by atoms with Crippen molar-refractivity contribution in [2.24, 2.45) is 0 Å². The molecule has 0 atom stereocenters. The lowest BCUT2D eigenvalue weighted by atomic mass is 10.2. The van der Waals surface area contributed by atoms with Crippen LogP contribution in [0.1, 0.15) is 10.4 Å². The number of benzene rings is 1. The van der Waals surface area contributed by atoms with Crippen LogP contribution in [0, 0.1) is 11.3 Å². The Morgan fingerprint density at radius 2 is 2.22 bits per heavy atom. The Morgan fingerprint density at radius 1 is 1.50 bits per heavy atom. The molecule has 0 aromatic heterocycles. The minimum atomic E-state index is -1.10. The van der Waals surface area contributed by atoms with Gasteiger partial charge in [-0.3, -0.25) is 4.79 Å². The number of nitriles is 1. The number of rotatable bonds is 5. The van der Waals surface area contributed by atoms with Crippen molar-refractivity contribution < 1.29 is 19.4 Å². The Hall–Kier alpha value is -2.75. The number of carbonyl (C=O) groups excluding carboxylic acids is 1. The predicted octanol–water partition coefficient (Wildman–Crippen LogP) is -0.0144. The molecule has 0 aliphatic heterocycles. The summed E-state index contributed by atoms with van der Waals surface area (Å²) >= 11 is 0. The van der Waals surface area contributed by atoms with Gasteiger partial charge in [0, 0.05) is 0 Å². The molecule has 94 valence electrons. The molecular formula is C11H11N3O4. The van der Waals surface area contributed by atoms with E-state index in [0.29, 0.717) is 0 Å². The standard InChI is InChI=1S/C11H11N3O4/c12-3-4-14-10(15)6-18-9-2-1-7(11(16)17)5-8(9)13/h1-2,5H,4,6,13H2,(H,14,15)(H,16,17). The molecule has 0 spiro atoms. The molecule has 1 aromatic carbocycles. The van der Waals surface area contributed by atoms with Crippen LogP contribution in [0.25, 0.3) is 0 Å². The first-order valence-corrected chi connectivity index (χ1v) is 4.94. The van der Waals surface area contributed by atoms with Gasteiger partial charge < -0.3 is 20.9 Å². The molecule has 7 nitrogen and oxygen atoms in total. The second-order valence-electron chi connectivity index (χ2n) is 3.28. The summed E-state index contributed by atoms with van der Waals surface area (Å²) in [5.41, 5.74) is 5.74. The number of carboxylic acids is 1. The number of nitrogens with zero attached hydrogens (tertiary/aromatic N) is 1. The number of carbonyl (C=O) groups is 2. The second kappa shape index (κ2) is 6.10. The highest BCUT2D eigenvalue weighted by Crippen LogP contribution is 2.22. The molecule has 7 heteroatoms. The first kappa shape index (κ1) is 13.3. The molecule has 4 N–H and O–H groups in total. The van der Waals surface area contributed by atoms with Gasteiger partial charge in [0.1, 0.15) is 12.3 Å². The van der Waals surface area contributed by atoms with E-state index in [1.54, 1.807) is 6.07 Å². The third-order valence-corrected chi connectivity index (χ3v) is 1.98. The van der Waals surface area contributed by atoms with Gasteiger partial charge in [-0.15, -0.1) is 0 Å². The van der Waals surface area contributed by atoms with Crippen LogP contribution < -0.4 is 15.8 Å². The summed E-state index contributed by atoms with van der Waals surface area (Å²) in [5.74, 6) is -1.34. The molecule has 1 amide bonds. The van der Waals surface area contributed by atoms with Crippen molar-refractivity contribution in [1.82, 2.24) is 5.32 Å². The Morgan fingerprint density at radius 3 is 2.78 bits per heavy atom. The van der Waals surface area contributed by atoms with E-state index in [1.165, 1.54) is 18.2 Å². The van der Waals surface area contributed by atoms with Crippen LogP contribution in [-0.2, 0) is 4.79 Å². The molecule has 0 fully saturated rings. The maximum Gasteiger partial charge on any atom is 0.335 e. The first-order valence-electron chi connectivity index (χ1n) is 4.94. The summed E-state index contributed by atoms with van der Waals surface area (Å²) in [6.07, 6.45) is 0. The van der Waals surface area contributed by atoms with Gasteiger partial charge in [-0.2, -0.15) is 5.26 Å². The Balaban J connectivity index is 2.61. The highest BCUT2D eigenvalue weighted by molar-refractivity contribution is 5.89. The summed E-state index contributed by atoms with van der Waals surface area (Å²) in [5, 5.41) is 19.3. The molecular weight excluding hydrogens is 238 g/mol. The molecule has 1 rings (SSSR count). The zero-order valence-corrected chi connectivity index (χ0v) is 9.34. The van der Waals surface area contributed by atoms with E-state index in [1.807, 2.05) is 0 Å². The highest BCUT2D eigenvalue weighted by atomic mass is 16.5. The van der Waals surface area contributed by atoms with Crippen molar-refractivity contribution in [3.8, 4) is 11.8 Å². The largest absolute Gasteiger partial charge is 0.482 e. The van der Waals surface area contributed by atoms with Gasteiger partial charge in [0.15, 0.2) is 6.61 Å². The number of hydrogen-bond acceptors (Lipinski definition) is 5. The van der Waals surface area contributed by atoms with Crippen LogP contribution in [-0.4, -0.2) is 30.1 Å². The maximum atomic E-state index is 11.1. The van der Waals surface area contributed by atoms with E-state index >= 15 is 0 Å². The number of anilines is 1. The van der Waals surface area contributed by atoms with Gasteiger partial charge in [0.2, 0.25) is 0 Å². The summed E-state index contributed by atoms with van der Waals surface area (Å²) in [4.78, 5) is 21.8. The molecule has 0 unspecified atom stereocenters. The van der Waals surface area contributed by atoms with Crippen molar-refractivity contribution in [2.75, 3.05) is 18.9 Å². The fraction of sp³-hybridized carbons (Fsp3) is 0.182. The third-order valence-electron chi connectivity index (χ3n) is 1.98. The number of nitrogens with two attached hydrogens (primary N) is 1. The molecule has 0 bridgehead atoms. The molecule has 0 saturated carbocycles. The van der Waals surface area contributed by atoms with Crippen LogP contribution in [0.5, 0.6) is 5.75 Å². The Labute approximate surface area is 103 Å². The number of hydrogen-bond donors (Lipinski definition) is 3. The Kier molecular flexibility index (Phi) is 4.51. The van der Waals surface area contributed by atoms with Crippen molar-refractivity contribution in [2.45, 2.75) is 0 Å². The van der Waals surface area contributed by atoms with Crippen molar-refractivity contribution in [3.63, 3.8) is 0 Å². The quantitative estimate of drug-likeness (QED) is 0.497. The molecule has 18 heavy (non-hydrogen) atoms. The molecule has 0 heterocycles. The number of nitrogens with one attached hydrogen (secondary N) is 1. The molecule has 0 aliphatic rings. The van der Waals surface area contributed by atoms with Gasteiger partial charge >= 0.3 is 5.97 Å². The number of ether oxygens (including phenoxy) is 1. The Bertz CT molecular complexity index is 508. The smallest absolute Gasteiger partial charge is 0.335 e. The van der Waals surface area contributed by atoms with Crippen LogP contribution in [0.4, 0.5) is 5.69 Å². The fourth-order valence-electron chi connectivity index (χ4n) is 1.15. The SMILES string of the molecule is N#CCNC(=O)COc1ccc(C(=O)O)cc1N. The lowest BCUT2D eigenvalue weighted by Gasteiger charge is -2.08. The van der Waals surface area contributed by atoms with Crippen molar-refractivity contribution in [3.05, 3.63) is 23.8 Å². The lowest BCUT2D eigenvalue weighted by Crippen LogP contribution is -2.29. The monoisotopic (exact) mass is 249 g/mol. The average molecular weight is 249 g/mol. The summed E-state index contributed by atoms with van der Waals surface area (Å²) in [6.45, 7) is -0.395.